The van der Waals surface area contributed by atoms with Crippen molar-refractivity contribution in [3.63, 3.8) is 0 Å². The van der Waals surface area contributed by atoms with E-state index in [1.807, 2.05) is 11.3 Å². The van der Waals surface area contributed by atoms with Crippen LogP contribution in [0.2, 0.25) is 0 Å². The minimum Gasteiger partial charge on any atom is -0.381 e. The maximum Gasteiger partial charge on any atom is 0.0506 e. The van der Waals surface area contributed by atoms with Crippen molar-refractivity contribution in [3.8, 4) is 54.3 Å². The molecule has 0 fully saturated rings. The molecule has 0 N–H and O–H groups in total. The zero-order valence-corrected chi connectivity index (χ0v) is 23.1. The molecule has 0 amide bonds. The second kappa shape index (κ2) is 9.50. The van der Waals surface area contributed by atoms with E-state index in [2.05, 4.69) is 87.5 Å². The number of fused-ring (bicyclic) bond motifs is 6. The molecule has 0 atom stereocenters. The van der Waals surface area contributed by atoms with Crippen LogP contribution in [0.4, 0.5) is 0 Å². The molecular weight excluding hydrogens is 484 g/mol. The van der Waals surface area contributed by atoms with Gasteiger partial charge in [-0.1, -0.05) is 54.1 Å². The second-order valence-electron chi connectivity index (χ2n) is 10.3. The topological polar surface area (TPSA) is 18.5 Å². The monoisotopic (exact) mass is 516 g/mol. The van der Waals surface area contributed by atoms with Gasteiger partial charge in [0, 0.05) is 34.1 Å². The van der Waals surface area contributed by atoms with Crippen molar-refractivity contribution < 1.29 is 9.47 Å². The van der Waals surface area contributed by atoms with Crippen LogP contribution in [-0.4, -0.2) is 26.4 Å². The summed E-state index contributed by atoms with van der Waals surface area (Å²) in [4.78, 5) is 2.75. The third-order valence-electron chi connectivity index (χ3n) is 8.08. The van der Waals surface area contributed by atoms with Crippen LogP contribution in [0.5, 0.6) is 0 Å². The lowest BCUT2D eigenvalue weighted by molar-refractivity contribution is 0.151. The number of aryl methyl sites for hydroxylation is 1. The van der Waals surface area contributed by atoms with Crippen LogP contribution in [0, 0.1) is 6.92 Å². The Labute approximate surface area is 228 Å². The minimum atomic E-state index is 0.745. The van der Waals surface area contributed by atoms with Gasteiger partial charge in [-0.05, 0) is 107 Å². The van der Waals surface area contributed by atoms with Gasteiger partial charge in [0.1, 0.15) is 0 Å². The van der Waals surface area contributed by atoms with E-state index in [1.165, 1.54) is 81.7 Å². The standard InChI is InChI=1S/C35H32O2S/c1-4-36-16-14-23-18-27-25-8-6-7-9-26(25)31-24(15-17-37-5-2)19-28-34(33(27)31)32(23)29-20-30(38-35(28)29)22-12-10-21(3)11-13-22/h6-13,18-20H,4-5,14-17H2,1-3H3. The lowest BCUT2D eigenvalue weighted by atomic mass is 9.89. The quantitative estimate of drug-likeness (QED) is 0.178. The molecule has 2 nitrogen and oxygen atoms in total. The van der Waals surface area contributed by atoms with E-state index in [9.17, 15) is 0 Å². The summed E-state index contributed by atoms with van der Waals surface area (Å²) < 4.78 is 11.7. The van der Waals surface area contributed by atoms with Crippen LogP contribution in [0.15, 0.2) is 66.7 Å². The Bertz CT molecular complexity index is 1690. The van der Waals surface area contributed by atoms with Gasteiger partial charge >= 0.3 is 0 Å². The van der Waals surface area contributed by atoms with E-state index in [1.54, 1.807) is 0 Å². The molecule has 190 valence electrons. The summed E-state index contributed by atoms with van der Waals surface area (Å²) >= 11 is 1.94. The number of hydrogen-bond donors (Lipinski definition) is 0. The number of benzene rings is 4. The first kappa shape index (κ1) is 23.8. The second-order valence-corrected chi connectivity index (χ2v) is 11.4. The molecule has 3 heteroatoms. The number of hydrogen-bond acceptors (Lipinski definition) is 3. The number of rotatable bonds is 9. The van der Waals surface area contributed by atoms with Gasteiger partial charge in [0.15, 0.2) is 0 Å². The first-order valence-corrected chi connectivity index (χ1v) is 14.6. The molecule has 7 rings (SSSR count). The van der Waals surface area contributed by atoms with Crippen LogP contribution in [-0.2, 0) is 22.3 Å². The Morgan fingerprint density at radius 3 is 1.92 bits per heavy atom. The summed E-state index contributed by atoms with van der Waals surface area (Å²) in [5.41, 5.74) is 15.1. The van der Waals surface area contributed by atoms with Crippen molar-refractivity contribution in [3.05, 3.63) is 83.4 Å². The Morgan fingerprint density at radius 2 is 1.24 bits per heavy atom. The van der Waals surface area contributed by atoms with Crippen LogP contribution in [0.3, 0.4) is 0 Å². The molecule has 0 aliphatic heterocycles. The third kappa shape index (κ3) is 3.60. The van der Waals surface area contributed by atoms with Gasteiger partial charge in [-0.2, -0.15) is 0 Å². The maximum absolute atomic E-state index is 5.86. The summed E-state index contributed by atoms with van der Waals surface area (Å²) in [7, 11) is 0. The highest BCUT2D eigenvalue weighted by Crippen LogP contribution is 2.60. The van der Waals surface area contributed by atoms with Gasteiger partial charge in [0.25, 0.3) is 0 Å². The number of ether oxygens (including phenoxy) is 2. The van der Waals surface area contributed by atoms with Gasteiger partial charge < -0.3 is 9.47 Å². The Hall–Kier alpha value is -3.24. The molecule has 2 aliphatic carbocycles. The van der Waals surface area contributed by atoms with Crippen molar-refractivity contribution in [2.24, 2.45) is 0 Å². The fourth-order valence-electron chi connectivity index (χ4n) is 6.37. The fraction of sp³-hybridized carbons (Fsp3) is 0.257. The van der Waals surface area contributed by atoms with Crippen LogP contribution >= 0.6 is 11.3 Å². The summed E-state index contributed by atoms with van der Waals surface area (Å²) in [5.74, 6) is 0. The first-order valence-electron chi connectivity index (χ1n) is 13.8. The molecule has 4 aromatic carbocycles. The lowest BCUT2D eigenvalue weighted by Gasteiger charge is -2.15. The molecule has 0 bridgehead atoms. The summed E-state index contributed by atoms with van der Waals surface area (Å²) in [6.07, 6.45) is 1.84. The van der Waals surface area contributed by atoms with E-state index >= 15 is 0 Å². The van der Waals surface area contributed by atoms with Gasteiger partial charge in [-0.3, -0.25) is 0 Å². The molecule has 0 unspecified atom stereocenters. The van der Waals surface area contributed by atoms with Crippen molar-refractivity contribution >= 4 is 22.1 Å². The van der Waals surface area contributed by atoms with Crippen molar-refractivity contribution in [1.29, 1.82) is 0 Å². The third-order valence-corrected chi connectivity index (χ3v) is 9.29. The minimum absolute atomic E-state index is 0.745. The summed E-state index contributed by atoms with van der Waals surface area (Å²) in [6, 6.07) is 25.3. The highest BCUT2D eigenvalue weighted by molar-refractivity contribution is 7.19. The predicted octanol–water partition coefficient (Wildman–Crippen LogP) is 9.33. The molecule has 38 heavy (non-hydrogen) atoms. The Balaban J connectivity index is 1.50. The number of thiophene rings is 1. The van der Waals surface area contributed by atoms with E-state index in [4.69, 9.17) is 9.47 Å². The summed E-state index contributed by atoms with van der Waals surface area (Å²) in [5, 5.41) is 2.88. The van der Waals surface area contributed by atoms with Crippen LogP contribution < -0.4 is 0 Å². The molecule has 0 saturated carbocycles. The molecule has 1 aromatic heterocycles. The molecule has 5 aromatic rings. The molecule has 0 saturated heterocycles. The molecule has 0 radical (unpaired) electrons. The van der Waals surface area contributed by atoms with Crippen LogP contribution in [0.1, 0.15) is 30.5 Å². The van der Waals surface area contributed by atoms with Gasteiger partial charge in [0.05, 0.1) is 13.2 Å². The lowest BCUT2D eigenvalue weighted by Crippen LogP contribution is -2.01. The zero-order chi connectivity index (χ0) is 25.8. The molecule has 2 aliphatic rings. The van der Waals surface area contributed by atoms with Crippen molar-refractivity contribution in [2.75, 3.05) is 26.4 Å². The van der Waals surface area contributed by atoms with E-state index in [-0.39, 0.29) is 0 Å². The average molecular weight is 517 g/mol. The SMILES string of the molecule is CCOCCc1cc2c3c(c(CCOCC)cc4c3c1-c1ccccc1-4)-c1cc(-c3ccc(C)cc3)sc1-2. The average Bonchev–Trinajstić information content (AvgIpc) is 3.59. The molecular formula is C35H32O2S. The smallest absolute Gasteiger partial charge is 0.0506 e. The van der Waals surface area contributed by atoms with Gasteiger partial charge in [-0.15, -0.1) is 11.3 Å². The normalized spacial score (nSPS) is 12.4. The maximum atomic E-state index is 5.86. The molecule has 0 spiro atoms. The predicted molar refractivity (Wildman–Crippen MR) is 161 cm³/mol. The molecule has 1 heterocycles. The van der Waals surface area contributed by atoms with E-state index < -0.39 is 0 Å². The highest BCUT2D eigenvalue weighted by Gasteiger charge is 2.34. The Morgan fingerprint density at radius 1 is 0.632 bits per heavy atom. The van der Waals surface area contributed by atoms with E-state index in [0.29, 0.717) is 0 Å². The zero-order valence-electron chi connectivity index (χ0n) is 22.3. The van der Waals surface area contributed by atoms with Gasteiger partial charge in [0.2, 0.25) is 0 Å². The largest absolute Gasteiger partial charge is 0.381 e. The fourth-order valence-corrected chi connectivity index (χ4v) is 7.57. The first-order chi connectivity index (χ1) is 18.7. The van der Waals surface area contributed by atoms with Crippen molar-refractivity contribution in [2.45, 2.75) is 33.6 Å². The Kier molecular flexibility index (Phi) is 5.96. The van der Waals surface area contributed by atoms with Crippen molar-refractivity contribution in [1.82, 2.24) is 0 Å². The van der Waals surface area contributed by atoms with Crippen LogP contribution in [0.25, 0.3) is 65.0 Å². The van der Waals surface area contributed by atoms with E-state index in [0.717, 1.165) is 39.3 Å². The summed E-state index contributed by atoms with van der Waals surface area (Å²) in [6.45, 7) is 9.30. The highest BCUT2D eigenvalue weighted by atomic mass is 32.1. The van der Waals surface area contributed by atoms with Gasteiger partial charge in [-0.25, -0.2) is 0 Å².